The van der Waals surface area contributed by atoms with Crippen molar-refractivity contribution in [3.8, 4) is 0 Å². The topological polar surface area (TPSA) is 140 Å². The molecular formula is C57H104O9. The average Bonchev–Trinajstić information content (AvgIpc) is 3.29. The molecular weight excluding hydrogens is 829 g/mol. The lowest BCUT2D eigenvalue weighted by atomic mass is 10.1. The monoisotopic (exact) mass is 933 g/mol. The maximum Gasteiger partial charge on any atom is 0.373 e. The summed E-state index contributed by atoms with van der Waals surface area (Å²) in [4.78, 5) is 39.0. The van der Waals surface area contributed by atoms with Crippen LogP contribution >= 0.6 is 0 Å². The molecule has 0 aromatic carbocycles. The largest absolute Gasteiger partial charge is 0.457 e. The van der Waals surface area contributed by atoms with Gasteiger partial charge in [-0.2, -0.15) is 0 Å². The van der Waals surface area contributed by atoms with E-state index in [1.54, 1.807) is 0 Å². The summed E-state index contributed by atoms with van der Waals surface area (Å²) in [6.45, 7) is 5.67. The van der Waals surface area contributed by atoms with Gasteiger partial charge < -0.3 is 29.5 Å². The van der Waals surface area contributed by atoms with Crippen molar-refractivity contribution >= 4 is 17.9 Å². The number of allylic oxidation sites excluding steroid dienone is 6. The first-order valence-corrected chi connectivity index (χ1v) is 27.8. The van der Waals surface area contributed by atoms with Crippen LogP contribution in [0.3, 0.4) is 0 Å². The van der Waals surface area contributed by atoms with Crippen LogP contribution in [0.1, 0.15) is 290 Å². The standard InChI is InChI=1S/C57H104O9/c1-4-7-10-13-16-19-22-25-28-31-34-37-40-43-46-49-53(58)64-52-56(57(61,62)63,65-54(59)50-47-44-41-38-35-32-29-26-23-20-17-14-11-8-5-2)66-55(60)51-48-45-42-39-36-33-30-27-24-21-18-15-12-9-6-3/h25-30,61-63H,4-24,31-52H2,1-3H3/b28-25-,29-26-,30-27-. The molecule has 0 aromatic rings. The summed E-state index contributed by atoms with van der Waals surface area (Å²) in [5, 5.41) is 31.5. The van der Waals surface area contributed by atoms with E-state index in [9.17, 15) is 29.7 Å². The molecule has 0 heterocycles. The van der Waals surface area contributed by atoms with Crippen LogP contribution in [0.15, 0.2) is 36.5 Å². The molecule has 0 saturated carbocycles. The molecule has 0 fully saturated rings. The third-order valence-corrected chi connectivity index (χ3v) is 12.4. The molecule has 0 saturated heterocycles. The second kappa shape index (κ2) is 47.6. The van der Waals surface area contributed by atoms with Crippen LogP contribution in [0.25, 0.3) is 0 Å². The molecule has 0 spiro atoms. The third kappa shape index (κ3) is 41.7. The fourth-order valence-electron chi connectivity index (χ4n) is 8.05. The van der Waals surface area contributed by atoms with Gasteiger partial charge in [0, 0.05) is 19.3 Å². The predicted molar refractivity (Wildman–Crippen MR) is 274 cm³/mol. The number of hydrogen-bond donors (Lipinski definition) is 3. The van der Waals surface area contributed by atoms with Crippen molar-refractivity contribution < 1.29 is 43.9 Å². The predicted octanol–water partition coefficient (Wildman–Crippen LogP) is 16.1. The Labute approximate surface area is 405 Å². The Balaban J connectivity index is 4.90. The van der Waals surface area contributed by atoms with Crippen LogP contribution in [0.4, 0.5) is 0 Å². The summed E-state index contributed by atoms with van der Waals surface area (Å²) in [5.41, 5.74) is 0. The molecule has 0 aliphatic carbocycles. The molecule has 0 aromatic heterocycles. The normalized spacial score (nSPS) is 12.3. The number of unbranched alkanes of at least 4 members (excludes halogenated alkanes) is 33. The summed E-state index contributed by atoms with van der Waals surface area (Å²) in [5.74, 6) is -9.30. The highest BCUT2D eigenvalue weighted by atomic mass is 16.8. The van der Waals surface area contributed by atoms with E-state index >= 15 is 0 Å². The molecule has 0 amide bonds. The van der Waals surface area contributed by atoms with Gasteiger partial charge in [0.2, 0.25) is 0 Å². The molecule has 0 bridgehead atoms. The van der Waals surface area contributed by atoms with Crippen molar-refractivity contribution in [3.05, 3.63) is 36.5 Å². The van der Waals surface area contributed by atoms with Crippen LogP contribution < -0.4 is 0 Å². The first-order valence-electron chi connectivity index (χ1n) is 27.8. The zero-order chi connectivity index (χ0) is 48.5. The highest BCUT2D eigenvalue weighted by Gasteiger charge is 2.58. The van der Waals surface area contributed by atoms with E-state index in [1.807, 2.05) is 0 Å². The van der Waals surface area contributed by atoms with Crippen molar-refractivity contribution in [3.63, 3.8) is 0 Å². The Morgan fingerprint density at radius 1 is 0.333 bits per heavy atom. The lowest BCUT2D eigenvalue weighted by molar-refractivity contribution is -0.449. The molecule has 3 N–H and O–H groups in total. The number of esters is 3. The first-order chi connectivity index (χ1) is 32.1. The quantitative estimate of drug-likeness (QED) is 0.0235. The second-order valence-electron chi connectivity index (χ2n) is 19.0. The lowest BCUT2D eigenvalue weighted by Crippen LogP contribution is -2.62. The van der Waals surface area contributed by atoms with Crippen LogP contribution in [0, 0.1) is 0 Å². The van der Waals surface area contributed by atoms with E-state index in [4.69, 9.17) is 14.2 Å². The van der Waals surface area contributed by atoms with Gasteiger partial charge in [0.25, 0.3) is 0 Å². The molecule has 66 heavy (non-hydrogen) atoms. The van der Waals surface area contributed by atoms with E-state index in [-0.39, 0.29) is 19.3 Å². The summed E-state index contributed by atoms with van der Waals surface area (Å²) in [6.07, 6.45) is 56.5. The van der Waals surface area contributed by atoms with Gasteiger partial charge in [-0.1, -0.05) is 211 Å². The Morgan fingerprint density at radius 3 is 0.818 bits per heavy atom. The summed E-state index contributed by atoms with van der Waals surface area (Å²) in [7, 11) is 0. The Bertz CT molecular complexity index is 1130. The SMILES string of the molecule is CCCCCCCC/C=C\CCCCCCCC(=O)OCC(OC(=O)CCCCCCC/C=C\CCCCCCCC)(OC(=O)CCCCCCC/C=C\CCCCCCCC)C(O)(O)O. The Kier molecular flexibility index (Phi) is 45.8. The van der Waals surface area contributed by atoms with Crippen molar-refractivity contribution in [2.75, 3.05) is 6.61 Å². The third-order valence-electron chi connectivity index (χ3n) is 12.4. The number of rotatable bonds is 50. The molecule has 0 aliphatic heterocycles. The molecule has 386 valence electrons. The second-order valence-corrected chi connectivity index (χ2v) is 19.0. The van der Waals surface area contributed by atoms with E-state index in [0.29, 0.717) is 19.3 Å². The fourth-order valence-corrected chi connectivity index (χ4v) is 8.05. The minimum atomic E-state index is -3.81. The van der Waals surface area contributed by atoms with Gasteiger partial charge in [0.1, 0.15) is 0 Å². The maximum absolute atomic E-state index is 13.1. The Hall–Kier alpha value is -2.49. The highest BCUT2D eigenvalue weighted by Crippen LogP contribution is 2.28. The first kappa shape index (κ1) is 63.5. The molecule has 0 radical (unpaired) electrons. The molecule has 9 nitrogen and oxygen atoms in total. The van der Waals surface area contributed by atoms with Crippen molar-refractivity contribution in [2.45, 2.75) is 302 Å². The van der Waals surface area contributed by atoms with Gasteiger partial charge in [-0.15, -0.1) is 0 Å². The minimum absolute atomic E-state index is 0.0508. The zero-order valence-corrected chi connectivity index (χ0v) is 43.2. The Morgan fingerprint density at radius 2 is 0.561 bits per heavy atom. The van der Waals surface area contributed by atoms with E-state index in [1.165, 1.54) is 116 Å². The number of carbonyl (C=O) groups excluding carboxylic acids is 3. The van der Waals surface area contributed by atoms with Crippen molar-refractivity contribution in [1.29, 1.82) is 0 Å². The van der Waals surface area contributed by atoms with E-state index in [0.717, 1.165) is 116 Å². The fraction of sp³-hybridized carbons (Fsp3) is 0.842. The van der Waals surface area contributed by atoms with Crippen LogP contribution in [0.5, 0.6) is 0 Å². The number of ether oxygens (including phenoxy) is 3. The molecule has 0 atom stereocenters. The van der Waals surface area contributed by atoms with E-state index < -0.39 is 36.3 Å². The maximum atomic E-state index is 13.1. The van der Waals surface area contributed by atoms with Crippen LogP contribution in [0.2, 0.25) is 0 Å². The molecule has 0 rings (SSSR count). The molecule has 0 aliphatic rings. The van der Waals surface area contributed by atoms with E-state index in [2.05, 4.69) is 57.2 Å². The van der Waals surface area contributed by atoms with Crippen molar-refractivity contribution in [2.24, 2.45) is 0 Å². The number of carbonyl (C=O) groups is 3. The average molecular weight is 933 g/mol. The van der Waals surface area contributed by atoms with Crippen molar-refractivity contribution in [1.82, 2.24) is 0 Å². The molecule has 9 heteroatoms. The van der Waals surface area contributed by atoms with Gasteiger partial charge >= 0.3 is 29.7 Å². The van der Waals surface area contributed by atoms with Crippen LogP contribution in [-0.4, -0.2) is 51.6 Å². The van der Waals surface area contributed by atoms with Gasteiger partial charge in [-0.05, 0) is 96.3 Å². The summed E-state index contributed by atoms with van der Waals surface area (Å²) < 4.78 is 16.1. The lowest BCUT2D eigenvalue weighted by Gasteiger charge is -2.37. The van der Waals surface area contributed by atoms with Gasteiger partial charge in [0.15, 0.2) is 6.61 Å². The highest BCUT2D eigenvalue weighted by molar-refractivity contribution is 5.73. The minimum Gasteiger partial charge on any atom is -0.457 e. The number of aliphatic hydroxyl groups is 3. The molecule has 0 unspecified atom stereocenters. The summed E-state index contributed by atoms with van der Waals surface area (Å²) >= 11 is 0. The summed E-state index contributed by atoms with van der Waals surface area (Å²) in [6, 6.07) is 0. The van der Waals surface area contributed by atoms with Gasteiger partial charge in [0.05, 0.1) is 0 Å². The smallest absolute Gasteiger partial charge is 0.373 e. The van der Waals surface area contributed by atoms with Gasteiger partial charge in [-0.3, -0.25) is 14.4 Å². The van der Waals surface area contributed by atoms with Gasteiger partial charge in [-0.25, -0.2) is 0 Å². The number of hydrogen-bond acceptors (Lipinski definition) is 9. The van der Waals surface area contributed by atoms with Crippen LogP contribution in [-0.2, 0) is 28.6 Å². The zero-order valence-electron chi connectivity index (χ0n) is 43.2.